The molecule has 5 N–H and O–H groups in total. The highest BCUT2D eigenvalue weighted by molar-refractivity contribution is 5.27. The third kappa shape index (κ3) is 10.7. The van der Waals surface area contributed by atoms with E-state index in [9.17, 15) is 25.5 Å². The first kappa shape index (κ1) is 56.4. The number of rotatable bonds is 15. The van der Waals surface area contributed by atoms with E-state index in [0.29, 0.717) is 16.2 Å². The van der Waals surface area contributed by atoms with Crippen LogP contribution in [0.2, 0.25) is 0 Å². The quantitative estimate of drug-likeness (QED) is 0.104. The Hall–Kier alpha value is -0.800. The van der Waals surface area contributed by atoms with Gasteiger partial charge in [0.1, 0.15) is 24.4 Å². The summed E-state index contributed by atoms with van der Waals surface area (Å²) < 4.78 is 11.9. The Labute approximate surface area is 435 Å². The van der Waals surface area contributed by atoms with Crippen LogP contribution in [0.3, 0.4) is 0 Å². The van der Waals surface area contributed by atoms with E-state index in [1.165, 1.54) is 115 Å². The molecule has 1 aliphatic heterocycles. The zero-order chi connectivity index (χ0) is 51.4. The van der Waals surface area contributed by atoms with Gasteiger partial charge >= 0.3 is 0 Å². The van der Waals surface area contributed by atoms with Crippen LogP contribution in [-0.2, 0) is 9.47 Å². The highest BCUT2D eigenvalue weighted by atomic mass is 16.7. The summed E-state index contributed by atoms with van der Waals surface area (Å²) in [6.45, 7) is 29.6. The zero-order valence-corrected chi connectivity index (χ0v) is 47.6. The summed E-state index contributed by atoms with van der Waals surface area (Å²) in [5.41, 5.74) is 4.77. The van der Waals surface area contributed by atoms with Crippen molar-refractivity contribution in [3.05, 3.63) is 23.3 Å². The van der Waals surface area contributed by atoms with Crippen molar-refractivity contribution in [3.63, 3.8) is 0 Å². The summed E-state index contributed by atoms with van der Waals surface area (Å²) in [5.74, 6) is 12.0. The van der Waals surface area contributed by atoms with Gasteiger partial charge in [0.2, 0.25) is 0 Å². The predicted octanol–water partition coefficient (Wildman–Crippen LogP) is 13.9. The lowest BCUT2D eigenvalue weighted by atomic mass is 9.47. The molecule has 8 aliphatic carbocycles. The van der Waals surface area contributed by atoms with Crippen LogP contribution in [0.15, 0.2) is 23.3 Å². The summed E-state index contributed by atoms with van der Waals surface area (Å²) in [6.07, 6.45) is 27.0. The van der Waals surface area contributed by atoms with E-state index >= 15 is 0 Å². The lowest BCUT2D eigenvalue weighted by Gasteiger charge is -2.58. The number of hydrogen-bond acceptors (Lipinski definition) is 7. The van der Waals surface area contributed by atoms with Crippen molar-refractivity contribution < 1.29 is 35.0 Å². The van der Waals surface area contributed by atoms with Gasteiger partial charge in [-0.15, -0.1) is 0 Å². The van der Waals surface area contributed by atoms with Crippen molar-refractivity contribution in [2.24, 2.45) is 105 Å². The van der Waals surface area contributed by atoms with Crippen molar-refractivity contribution in [1.82, 2.24) is 0 Å². The molecule has 7 heteroatoms. The first-order valence-electron chi connectivity index (χ1n) is 30.7. The molecular weight excluding hydrogens is 881 g/mol. The Morgan fingerprint density at radius 2 is 1.04 bits per heavy atom. The second-order valence-electron chi connectivity index (χ2n) is 28.5. The Morgan fingerprint density at radius 3 is 1.51 bits per heavy atom. The van der Waals surface area contributed by atoms with Gasteiger partial charge in [0, 0.05) is 0 Å². The van der Waals surface area contributed by atoms with Gasteiger partial charge < -0.3 is 35.0 Å². The monoisotopic (exact) mass is 991 g/mol. The van der Waals surface area contributed by atoms with Crippen molar-refractivity contribution in [3.8, 4) is 0 Å². The van der Waals surface area contributed by atoms with Crippen molar-refractivity contribution in [1.29, 1.82) is 0 Å². The van der Waals surface area contributed by atoms with E-state index in [1.54, 1.807) is 5.57 Å². The molecule has 5 unspecified atom stereocenters. The number of allylic oxidation sites excluding steroid dienone is 2. The lowest BCUT2D eigenvalue weighted by Crippen LogP contribution is -2.60. The molecule has 0 bridgehead atoms. The van der Waals surface area contributed by atoms with Crippen LogP contribution >= 0.6 is 0 Å². The molecule has 0 aromatic carbocycles. The third-order valence-electron chi connectivity index (χ3n) is 24.8. The fourth-order valence-corrected chi connectivity index (χ4v) is 20.1. The molecule has 9 aliphatic rings. The van der Waals surface area contributed by atoms with E-state index in [4.69, 9.17) is 9.47 Å². The topological polar surface area (TPSA) is 120 Å². The Kier molecular flexibility index (Phi) is 18.0. The normalized spacial score (nSPS) is 46.7. The smallest absolute Gasteiger partial charge is 0.186 e. The second kappa shape index (κ2) is 22.7. The fraction of sp³-hybridized carbons (Fsp3) is 0.938. The van der Waals surface area contributed by atoms with Gasteiger partial charge in [0.05, 0.1) is 18.8 Å². The van der Waals surface area contributed by atoms with Gasteiger partial charge in [-0.3, -0.25) is 0 Å². The molecule has 1 saturated heterocycles. The van der Waals surface area contributed by atoms with Crippen molar-refractivity contribution in [2.75, 3.05) is 6.61 Å². The van der Waals surface area contributed by atoms with Crippen LogP contribution in [0.1, 0.15) is 224 Å². The predicted molar refractivity (Wildman–Crippen MR) is 289 cm³/mol. The van der Waals surface area contributed by atoms with Gasteiger partial charge in [-0.1, -0.05) is 132 Å². The molecule has 71 heavy (non-hydrogen) atoms. The molecule has 6 saturated carbocycles. The molecule has 0 aromatic heterocycles. The van der Waals surface area contributed by atoms with E-state index in [1.807, 2.05) is 0 Å². The third-order valence-corrected chi connectivity index (χ3v) is 24.8. The molecule has 0 spiro atoms. The summed E-state index contributed by atoms with van der Waals surface area (Å²) in [4.78, 5) is 0. The lowest BCUT2D eigenvalue weighted by molar-refractivity contribution is -0.313. The fourth-order valence-electron chi connectivity index (χ4n) is 20.1. The molecule has 9 rings (SSSR count). The molecule has 0 amide bonds. The van der Waals surface area contributed by atoms with Crippen LogP contribution in [0.4, 0.5) is 0 Å². The minimum atomic E-state index is -1.40. The summed E-state index contributed by atoms with van der Waals surface area (Å²) in [6, 6.07) is 0. The summed E-state index contributed by atoms with van der Waals surface area (Å²) in [5, 5.41) is 50.6. The number of hydrogen-bond donors (Lipinski definition) is 5. The number of fused-ring (bicyclic) bond motifs is 10. The van der Waals surface area contributed by atoms with Gasteiger partial charge in [0.25, 0.3) is 0 Å². The average Bonchev–Trinajstić information content (AvgIpc) is 3.89. The van der Waals surface area contributed by atoms with Gasteiger partial charge in [-0.2, -0.15) is 0 Å². The minimum absolute atomic E-state index is 0.0794. The molecule has 7 nitrogen and oxygen atoms in total. The Balaban J connectivity index is 0.000000200. The molecule has 408 valence electrons. The van der Waals surface area contributed by atoms with E-state index < -0.39 is 37.3 Å². The number of ether oxygens (including phenoxy) is 2. The molecular formula is C64H110O7. The molecule has 1 heterocycles. The van der Waals surface area contributed by atoms with Gasteiger partial charge in [-0.05, 0) is 220 Å². The van der Waals surface area contributed by atoms with E-state index in [0.717, 1.165) is 115 Å². The summed E-state index contributed by atoms with van der Waals surface area (Å²) in [7, 11) is 0. The zero-order valence-electron chi connectivity index (χ0n) is 47.6. The van der Waals surface area contributed by atoms with Crippen molar-refractivity contribution in [2.45, 2.75) is 267 Å². The van der Waals surface area contributed by atoms with Crippen LogP contribution in [-0.4, -0.2) is 75.1 Å². The SMILES string of the molecule is CC[C@H](CC[C@@H](C)[C@H]1CC[C@H]2[C@@H]3CC=C4C[C@@H](O)CC[C@]4(C)[C@H]3CC[C@]12C)C(C)C.CC[C@H](CC[C@@H](C)[C@H]1CC[C@H]2[C@@H]3CC=C4C[C@@H](OC5OC(CO)C(O)C(O)C5O)CC[C@]4(C)[C@H]3CC[C@]12C)C(C)C. The average molecular weight is 992 g/mol. The first-order chi connectivity index (χ1) is 33.6. The first-order valence-corrected chi connectivity index (χ1v) is 30.7. The van der Waals surface area contributed by atoms with Gasteiger partial charge in [0.15, 0.2) is 6.29 Å². The van der Waals surface area contributed by atoms with Crippen molar-refractivity contribution >= 4 is 0 Å². The second-order valence-corrected chi connectivity index (χ2v) is 28.5. The maximum atomic E-state index is 10.5. The Bertz CT molecular complexity index is 1810. The van der Waals surface area contributed by atoms with Gasteiger partial charge in [-0.25, -0.2) is 0 Å². The standard InChI is InChI=1S/C35H60O6.C29H50O/c1-7-22(20(2)3)9-8-21(4)26-12-13-27-25-11-10-23-18-24(14-16-34(23,5)28(25)15-17-35(26,27)6)40-33-32(39)31(38)30(37)29(19-36)41-33;1-7-21(19(2)3)9-8-20(4)25-12-13-26-24-11-10-22-18-23(30)14-16-28(22,5)27(24)15-17-29(25,26)6/h10,20-22,24-33,36-39H,7-9,11-19H2,1-6H3;10,19-21,23-27,30H,7-9,11-18H2,1-6H3/t21-,22-,24+,25+,26-,27+,28+,29?,30?,31?,32?,33?,34+,35-;20-,21-,23+,24+,25-,26+,27+,28+,29-/m11/s1. The largest absolute Gasteiger partial charge is 0.394 e. The van der Waals surface area contributed by atoms with Crippen LogP contribution in [0.25, 0.3) is 0 Å². The molecule has 0 radical (unpaired) electrons. The van der Waals surface area contributed by atoms with E-state index in [2.05, 4.69) is 95.2 Å². The number of aliphatic hydroxyl groups excluding tert-OH is 5. The molecule has 23 atom stereocenters. The minimum Gasteiger partial charge on any atom is -0.394 e. The van der Waals surface area contributed by atoms with E-state index in [-0.39, 0.29) is 17.6 Å². The number of aliphatic hydroxyl groups is 5. The van der Waals surface area contributed by atoms with Crippen LogP contribution in [0.5, 0.6) is 0 Å². The van der Waals surface area contributed by atoms with Crippen LogP contribution in [0, 0.1) is 105 Å². The Morgan fingerprint density at radius 1 is 0.563 bits per heavy atom. The maximum Gasteiger partial charge on any atom is 0.186 e. The molecule has 0 aromatic rings. The maximum absolute atomic E-state index is 10.5. The highest BCUT2D eigenvalue weighted by Gasteiger charge is 2.61. The summed E-state index contributed by atoms with van der Waals surface area (Å²) >= 11 is 0. The molecule has 7 fully saturated rings. The highest BCUT2D eigenvalue weighted by Crippen LogP contribution is 2.69. The van der Waals surface area contributed by atoms with Crippen LogP contribution < -0.4 is 0 Å².